The van der Waals surface area contributed by atoms with Gasteiger partial charge in [0.2, 0.25) is 0 Å². The van der Waals surface area contributed by atoms with Gasteiger partial charge in [-0.3, -0.25) is 4.79 Å². The molecule has 3 nitrogen and oxygen atoms in total. The van der Waals surface area contributed by atoms with Crippen molar-refractivity contribution in [2.75, 3.05) is 7.11 Å². The molecule has 1 aliphatic heterocycles. The topological polar surface area (TPSA) is 38.3 Å². The monoisotopic (exact) mass is 339 g/mol. The Balaban J connectivity index is 2.48. The van der Waals surface area contributed by atoms with Gasteiger partial charge in [-0.25, -0.2) is 0 Å². The number of carbonyl (C=O) groups is 1. The Hall–Kier alpha value is -0.785. The van der Waals surface area contributed by atoms with E-state index in [9.17, 15) is 4.79 Å². The number of methoxy groups -OCH3 is 1. The van der Waals surface area contributed by atoms with Gasteiger partial charge in [-0.2, -0.15) is 0 Å². The summed E-state index contributed by atoms with van der Waals surface area (Å²) in [7, 11) is 7.33. The van der Waals surface area contributed by atoms with E-state index in [-0.39, 0.29) is 5.91 Å². The molecule has 7 heteroatoms. The third-order valence-electron chi connectivity index (χ3n) is 2.23. The smallest absolute Gasteiger partial charge is 0.263 e. The summed E-state index contributed by atoms with van der Waals surface area (Å²) in [5, 5.41) is 2.56. The van der Waals surface area contributed by atoms with Crippen molar-refractivity contribution in [3.63, 3.8) is 0 Å². The predicted octanol–water partition coefficient (Wildman–Crippen LogP) is 1.74. The molecule has 1 amide bonds. The summed E-state index contributed by atoms with van der Waals surface area (Å²) in [6.07, 6.45) is 1.71. The molecule has 2 rings (SSSR count). The van der Waals surface area contributed by atoms with Crippen LogP contribution in [0.3, 0.4) is 0 Å². The molecule has 0 bridgehead atoms. The summed E-state index contributed by atoms with van der Waals surface area (Å²) in [4.78, 5) is 12.1. The van der Waals surface area contributed by atoms with Crippen molar-refractivity contribution < 1.29 is 9.53 Å². The van der Waals surface area contributed by atoms with E-state index in [4.69, 9.17) is 24.8 Å². The maximum atomic E-state index is 11.6. The normalized spacial score (nSPS) is 17.1. The number of benzene rings is 1. The number of ether oxygens (including phenoxy) is 1. The molecular weight excluding hydrogens is 333 g/mol. The van der Waals surface area contributed by atoms with Gasteiger partial charge in [-0.05, 0) is 22.0 Å². The Bertz CT molecular complexity index is 574. The van der Waals surface area contributed by atoms with Crippen molar-refractivity contribution in [3.8, 4) is 5.75 Å². The highest BCUT2D eigenvalue weighted by molar-refractivity contribution is 9.10. The lowest BCUT2D eigenvalue weighted by Gasteiger charge is -2.09. The first-order chi connectivity index (χ1) is 8.51. The van der Waals surface area contributed by atoms with Crippen LogP contribution < -0.4 is 15.5 Å². The van der Waals surface area contributed by atoms with Crippen molar-refractivity contribution in [2.24, 2.45) is 0 Å². The zero-order valence-electron chi connectivity index (χ0n) is 9.32. The molecule has 1 saturated heterocycles. The van der Waals surface area contributed by atoms with Crippen LogP contribution in [0.15, 0.2) is 21.5 Å². The molecule has 18 heavy (non-hydrogen) atoms. The molecule has 1 aromatic carbocycles. The van der Waals surface area contributed by atoms with E-state index in [1.165, 1.54) is 11.8 Å². The Kier molecular flexibility index (Phi) is 4.14. The zero-order chi connectivity index (χ0) is 13.3. The average Bonchev–Trinajstić information content (AvgIpc) is 2.57. The lowest BCUT2D eigenvalue weighted by atomic mass is 9.94. The van der Waals surface area contributed by atoms with E-state index in [1.54, 1.807) is 25.3 Å². The van der Waals surface area contributed by atoms with Crippen LogP contribution in [0.5, 0.6) is 5.75 Å². The minimum Gasteiger partial charge on any atom is -0.495 e. The number of halogens is 1. The molecule has 1 aromatic rings. The highest BCUT2D eigenvalue weighted by Crippen LogP contribution is 2.32. The second kappa shape index (κ2) is 5.46. The Morgan fingerprint density at radius 1 is 1.56 bits per heavy atom. The van der Waals surface area contributed by atoms with Crippen LogP contribution >= 0.6 is 39.9 Å². The van der Waals surface area contributed by atoms with Gasteiger partial charge in [0, 0.05) is 5.56 Å². The highest BCUT2D eigenvalue weighted by atomic mass is 79.9. The highest BCUT2D eigenvalue weighted by Gasteiger charge is 2.22. The maximum Gasteiger partial charge on any atom is 0.263 e. The van der Waals surface area contributed by atoms with Gasteiger partial charge in [-0.15, -0.1) is 0 Å². The first kappa shape index (κ1) is 13.6. The quantitative estimate of drug-likeness (QED) is 0.506. The standard InChI is InChI=1S/C11H7BBrNO2S2/c1-16-9-5(2-6(12)4-7(9)13)3-8-10(15)14-11(17)18-8/h2-4H,1H3,(H,14,15,17)/b8-3-. The summed E-state index contributed by atoms with van der Waals surface area (Å²) in [6.45, 7) is 0. The number of carbonyl (C=O) groups excluding carboxylic acids is 1. The minimum atomic E-state index is -0.203. The Morgan fingerprint density at radius 2 is 2.28 bits per heavy atom. The maximum absolute atomic E-state index is 11.6. The fraction of sp³-hybridized carbons (Fsp3) is 0.0909. The predicted molar refractivity (Wildman–Crippen MR) is 82.4 cm³/mol. The molecule has 1 N–H and O–H groups in total. The van der Waals surface area contributed by atoms with E-state index in [1.807, 2.05) is 0 Å². The number of amides is 1. The second-order valence-electron chi connectivity index (χ2n) is 3.48. The van der Waals surface area contributed by atoms with E-state index in [0.29, 0.717) is 20.4 Å². The zero-order valence-corrected chi connectivity index (χ0v) is 12.5. The van der Waals surface area contributed by atoms with Crippen molar-refractivity contribution in [1.82, 2.24) is 5.32 Å². The third kappa shape index (κ3) is 2.79. The van der Waals surface area contributed by atoms with E-state index in [0.717, 1.165) is 10.0 Å². The summed E-state index contributed by atoms with van der Waals surface area (Å²) < 4.78 is 6.47. The van der Waals surface area contributed by atoms with E-state index < -0.39 is 0 Å². The van der Waals surface area contributed by atoms with Gasteiger partial charge < -0.3 is 10.1 Å². The van der Waals surface area contributed by atoms with Crippen LogP contribution in [0.4, 0.5) is 0 Å². The number of nitrogens with one attached hydrogen (secondary N) is 1. The third-order valence-corrected chi connectivity index (χ3v) is 3.98. The number of hydrogen-bond donors (Lipinski definition) is 1. The number of thiocarbonyl (C=S) groups is 1. The lowest BCUT2D eigenvalue weighted by molar-refractivity contribution is -0.115. The molecule has 1 heterocycles. The molecule has 0 aliphatic carbocycles. The lowest BCUT2D eigenvalue weighted by Crippen LogP contribution is -2.17. The van der Waals surface area contributed by atoms with Crippen LogP contribution in [-0.2, 0) is 4.79 Å². The van der Waals surface area contributed by atoms with Gasteiger partial charge in [0.15, 0.2) is 0 Å². The van der Waals surface area contributed by atoms with Crippen LogP contribution in [-0.4, -0.2) is 25.2 Å². The van der Waals surface area contributed by atoms with Gasteiger partial charge >= 0.3 is 0 Å². The van der Waals surface area contributed by atoms with Crippen LogP contribution in [0.2, 0.25) is 0 Å². The number of rotatable bonds is 2. The SMILES string of the molecule is [B]c1cc(Br)c(OC)c(/C=C2\SC(=S)NC2=O)c1. The van der Waals surface area contributed by atoms with Gasteiger partial charge in [-0.1, -0.05) is 41.6 Å². The van der Waals surface area contributed by atoms with E-state index >= 15 is 0 Å². The molecule has 0 saturated carbocycles. The Labute approximate surface area is 124 Å². The number of hydrogen-bond acceptors (Lipinski definition) is 4. The molecule has 2 radical (unpaired) electrons. The van der Waals surface area contributed by atoms with Crippen molar-refractivity contribution in [3.05, 3.63) is 27.1 Å². The minimum absolute atomic E-state index is 0.203. The van der Waals surface area contributed by atoms with Crippen LogP contribution in [0, 0.1) is 0 Å². The van der Waals surface area contributed by atoms with Crippen molar-refractivity contribution in [2.45, 2.75) is 0 Å². The van der Waals surface area contributed by atoms with Crippen LogP contribution in [0.25, 0.3) is 6.08 Å². The average molecular weight is 340 g/mol. The van der Waals surface area contributed by atoms with Crippen molar-refractivity contribution >= 4 is 69.5 Å². The summed E-state index contributed by atoms with van der Waals surface area (Å²) in [5.41, 5.74) is 1.31. The van der Waals surface area contributed by atoms with Crippen molar-refractivity contribution in [1.29, 1.82) is 0 Å². The molecule has 0 atom stereocenters. The second-order valence-corrected chi connectivity index (χ2v) is 6.05. The summed E-state index contributed by atoms with van der Waals surface area (Å²) >= 11 is 9.51. The van der Waals surface area contributed by atoms with E-state index in [2.05, 4.69) is 21.2 Å². The molecule has 0 aromatic heterocycles. The largest absolute Gasteiger partial charge is 0.495 e. The molecule has 1 aliphatic rings. The molecule has 1 fully saturated rings. The Morgan fingerprint density at radius 3 is 2.83 bits per heavy atom. The molecule has 0 spiro atoms. The fourth-order valence-electron chi connectivity index (χ4n) is 1.52. The van der Waals surface area contributed by atoms with Crippen LogP contribution in [0.1, 0.15) is 5.56 Å². The first-order valence-corrected chi connectivity index (χ1v) is 6.91. The first-order valence-electron chi connectivity index (χ1n) is 4.89. The molecule has 0 unspecified atom stereocenters. The van der Waals surface area contributed by atoms with Gasteiger partial charge in [0.1, 0.15) is 17.9 Å². The number of thioether (sulfide) groups is 1. The van der Waals surface area contributed by atoms with Gasteiger partial charge in [0.05, 0.1) is 16.5 Å². The fourth-order valence-corrected chi connectivity index (χ4v) is 3.21. The molecular formula is C11H7BBrNO2S2. The summed E-state index contributed by atoms with van der Waals surface area (Å²) in [6, 6.07) is 3.49. The molecule has 90 valence electrons. The summed E-state index contributed by atoms with van der Waals surface area (Å²) in [5.74, 6) is 0.425. The van der Waals surface area contributed by atoms with Gasteiger partial charge in [0.25, 0.3) is 5.91 Å².